The Morgan fingerprint density at radius 3 is 2.06 bits per heavy atom. The fourth-order valence-electron chi connectivity index (χ4n) is 1.42. The van der Waals surface area contributed by atoms with E-state index in [0.29, 0.717) is 10.0 Å². The van der Waals surface area contributed by atoms with Gasteiger partial charge in [-0.1, -0.05) is 36.7 Å². The molecule has 6 heteroatoms. The molecule has 1 nitrogen and oxygen atoms in total. The van der Waals surface area contributed by atoms with E-state index in [-0.39, 0.29) is 17.8 Å². The summed E-state index contributed by atoms with van der Waals surface area (Å²) in [6, 6.07) is 3.09. The van der Waals surface area contributed by atoms with Crippen molar-refractivity contribution in [3.63, 3.8) is 0 Å². The van der Waals surface area contributed by atoms with E-state index in [1.807, 2.05) is 20.8 Å². The fraction of sp³-hybridized carbons (Fsp3) is 0.500. The molecule has 2 N–H and O–H groups in total. The molecular weight excluding hydrogens is 330 g/mol. The van der Waals surface area contributed by atoms with Crippen LogP contribution in [0.1, 0.15) is 37.9 Å². The number of halogens is 5. The molecule has 0 bridgehead atoms. The summed E-state index contributed by atoms with van der Waals surface area (Å²) in [5, 5.41) is 0. The van der Waals surface area contributed by atoms with Crippen LogP contribution in [0.4, 0.5) is 13.2 Å². The third-order valence-electron chi connectivity index (χ3n) is 2.59. The average Bonchev–Trinajstić information content (AvgIpc) is 2.14. The predicted molar refractivity (Wildman–Crippen MR) is 72.8 cm³/mol. The second-order valence-electron chi connectivity index (χ2n) is 5.08. The quantitative estimate of drug-likeness (QED) is 0.766. The van der Waals surface area contributed by atoms with E-state index in [1.54, 1.807) is 0 Å². The smallest absolute Gasteiger partial charge is 0.323 e. The van der Waals surface area contributed by atoms with Crippen LogP contribution in [-0.2, 0) is 6.18 Å². The highest BCUT2D eigenvalue weighted by Crippen LogP contribution is 2.38. The normalized spacial score (nSPS) is 14.0. The molecule has 0 aromatic heterocycles. The number of hydrogen-bond donors (Lipinski definition) is 1. The zero-order chi connectivity index (χ0) is 13.4. The van der Waals surface area contributed by atoms with Crippen molar-refractivity contribution in [2.75, 3.05) is 0 Å². The van der Waals surface area contributed by atoms with Crippen LogP contribution < -0.4 is 5.73 Å². The number of alkyl halides is 3. The molecular formula is C12H16BrClF3N. The van der Waals surface area contributed by atoms with E-state index in [2.05, 4.69) is 15.9 Å². The average molecular weight is 347 g/mol. The summed E-state index contributed by atoms with van der Waals surface area (Å²) < 4.78 is 38.4. The highest BCUT2D eigenvalue weighted by molar-refractivity contribution is 9.10. The third kappa shape index (κ3) is 4.14. The largest absolute Gasteiger partial charge is 0.416 e. The van der Waals surface area contributed by atoms with Crippen LogP contribution in [0, 0.1) is 5.41 Å². The molecule has 0 aliphatic carbocycles. The lowest BCUT2D eigenvalue weighted by Gasteiger charge is -2.28. The number of nitrogens with two attached hydrogens (primary N) is 1. The Morgan fingerprint density at radius 1 is 1.17 bits per heavy atom. The van der Waals surface area contributed by atoms with Gasteiger partial charge in [-0.2, -0.15) is 13.2 Å². The van der Waals surface area contributed by atoms with Crippen LogP contribution in [0.5, 0.6) is 0 Å². The first-order valence-electron chi connectivity index (χ1n) is 5.15. The molecule has 1 aromatic carbocycles. The van der Waals surface area contributed by atoms with Crippen LogP contribution in [0.15, 0.2) is 22.7 Å². The van der Waals surface area contributed by atoms with E-state index >= 15 is 0 Å². The summed E-state index contributed by atoms with van der Waals surface area (Å²) >= 11 is 3.24. The SMILES string of the molecule is CC(C)(C)[C@@H](N)c1cc(C(F)(F)F)ccc1Br.Cl. The molecule has 0 aliphatic heterocycles. The minimum Gasteiger partial charge on any atom is -0.323 e. The lowest BCUT2D eigenvalue weighted by atomic mass is 9.82. The van der Waals surface area contributed by atoms with Crippen molar-refractivity contribution in [1.29, 1.82) is 0 Å². The molecule has 1 rings (SSSR count). The second kappa shape index (κ2) is 5.80. The summed E-state index contributed by atoms with van der Waals surface area (Å²) in [5.41, 5.74) is 5.50. The Morgan fingerprint density at radius 2 is 1.67 bits per heavy atom. The number of rotatable bonds is 1. The monoisotopic (exact) mass is 345 g/mol. The zero-order valence-electron chi connectivity index (χ0n) is 10.3. The highest BCUT2D eigenvalue weighted by Gasteiger charge is 2.32. The Balaban J connectivity index is 0.00000289. The van der Waals surface area contributed by atoms with E-state index in [1.165, 1.54) is 6.07 Å². The van der Waals surface area contributed by atoms with Crippen LogP contribution in [0.25, 0.3) is 0 Å². The summed E-state index contributed by atoms with van der Waals surface area (Å²) in [6.07, 6.45) is -4.34. The van der Waals surface area contributed by atoms with E-state index in [9.17, 15) is 13.2 Å². The third-order valence-corrected chi connectivity index (χ3v) is 3.31. The summed E-state index contributed by atoms with van der Waals surface area (Å²) in [4.78, 5) is 0. The van der Waals surface area contributed by atoms with Crippen molar-refractivity contribution in [3.05, 3.63) is 33.8 Å². The summed E-state index contributed by atoms with van der Waals surface area (Å²) in [5.74, 6) is 0. The predicted octanol–water partition coefficient (Wildman–Crippen LogP) is 4.94. The van der Waals surface area contributed by atoms with Crippen LogP contribution in [-0.4, -0.2) is 0 Å². The number of benzene rings is 1. The lowest BCUT2D eigenvalue weighted by molar-refractivity contribution is -0.137. The zero-order valence-corrected chi connectivity index (χ0v) is 12.7. The van der Waals surface area contributed by atoms with E-state index in [4.69, 9.17) is 5.73 Å². The minimum absolute atomic E-state index is 0. The van der Waals surface area contributed by atoms with Gasteiger partial charge in [-0.3, -0.25) is 0 Å². The van der Waals surface area contributed by atoms with E-state index in [0.717, 1.165) is 12.1 Å². The molecule has 0 saturated heterocycles. The van der Waals surface area contributed by atoms with Crippen molar-refractivity contribution < 1.29 is 13.2 Å². The Bertz CT molecular complexity index is 413. The van der Waals surface area contributed by atoms with Gasteiger partial charge in [0.1, 0.15) is 0 Å². The van der Waals surface area contributed by atoms with Crippen LogP contribution in [0.3, 0.4) is 0 Å². The lowest BCUT2D eigenvalue weighted by Crippen LogP contribution is -2.27. The maximum atomic E-state index is 12.6. The maximum absolute atomic E-state index is 12.6. The first kappa shape index (κ1) is 17.7. The van der Waals surface area contributed by atoms with Gasteiger partial charge in [0.2, 0.25) is 0 Å². The van der Waals surface area contributed by atoms with Crippen LogP contribution in [0.2, 0.25) is 0 Å². The molecule has 18 heavy (non-hydrogen) atoms. The van der Waals surface area contributed by atoms with Gasteiger partial charge in [0, 0.05) is 10.5 Å². The Hall–Kier alpha value is -0.260. The molecule has 104 valence electrons. The molecule has 1 aromatic rings. The van der Waals surface area contributed by atoms with Gasteiger partial charge >= 0.3 is 6.18 Å². The van der Waals surface area contributed by atoms with Gasteiger partial charge in [0.05, 0.1) is 5.56 Å². The second-order valence-corrected chi connectivity index (χ2v) is 5.93. The van der Waals surface area contributed by atoms with Crippen molar-refractivity contribution in [1.82, 2.24) is 0 Å². The first-order valence-corrected chi connectivity index (χ1v) is 5.95. The Labute approximate surface area is 119 Å². The van der Waals surface area contributed by atoms with Gasteiger partial charge in [-0.25, -0.2) is 0 Å². The highest BCUT2D eigenvalue weighted by atomic mass is 79.9. The first-order chi connectivity index (χ1) is 7.53. The molecule has 0 fully saturated rings. The molecule has 0 radical (unpaired) electrons. The maximum Gasteiger partial charge on any atom is 0.416 e. The van der Waals surface area contributed by atoms with Gasteiger partial charge in [0.15, 0.2) is 0 Å². The molecule has 0 heterocycles. The molecule has 1 atom stereocenters. The van der Waals surface area contributed by atoms with Gasteiger partial charge in [-0.15, -0.1) is 12.4 Å². The van der Waals surface area contributed by atoms with Gasteiger partial charge in [0.25, 0.3) is 0 Å². The minimum atomic E-state index is -4.34. The molecule has 0 unspecified atom stereocenters. The van der Waals surface area contributed by atoms with Crippen molar-refractivity contribution >= 4 is 28.3 Å². The standard InChI is InChI=1S/C12H15BrF3N.ClH/c1-11(2,3)10(17)8-6-7(12(14,15)16)4-5-9(8)13;/h4-6,10H,17H2,1-3H3;1H/t10-;/m0./s1. The molecule has 0 saturated carbocycles. The molecule has 0 spiro atoms. The van der Waals surface area contributed by atoms with Crippen molar-refractivity contribution in [2.45, 2.75) is 33.0 Å². The summed E-state index contributed by atoms with van der Waals surface area (Å²) in [7, 11) is 0. The molecule has 0 aliphatic rings. The summed E-state index contributed by atoms with van der Waals surface area (Å²) in [6.45, 7) is 5.68. The fourth-order valence-corrected chi connectivity index (χ4v) is 1.92. The van der Waals surface area contributed by atoms with Gasteiger partial charge < -0.3 is 5.73 Å². The number of hydrogen-bond acceptors (Lipinski definition) is 1. The van der Waals surface area contributed by atoms with Crippen molar-refractivity contribution in [3.8, 4) is 0 Å². The van der Waals surface area contributed by atoms with E-state index < -0.39 is 17.8 Å². The topological polar surface area (TPSA) is 26.0 Å². The van der Waals surface area contributed by atoms with Gasteiger partial charge in [-0.05, 0) is 29.2 Å². The van der Waals surface area contributed by atoms with Crippen LogP contribution >= 0.6 is 28.3 Å². The Kier molecular flexibility index (Phi) is 5.72. The van der Waals surface area contributed by atoms with Crippen molar-refractivity contribution in [2.24, 2.45) is 11.1 Å². The molecule has 0 amide bonds.